The molecule has 0 radical (unpaired) electrons. The molecule has 0 atom stereocenters. The molecule has 6 heteroatoms. The summed E-state index contributed by atoms with van der Waals surface area (Å²) < 4.78 is 15.0. The average molecular weight is 194 g/mol. The van der Waals surface area contributed by atoms with E-state index in [1.54, 1.807) is 13.8 Å². The van der Waals surface area contributed by atoms with E-state index in [1.165, 1.54) is 0 Å². The molecular weight excluding hydrogens is 183 g/mol. The van der Waals surface area contributed by atoms with Crippen LogP contribution in [-0.4, -0.2) is 21.9 Å². The Bertz CT molecular complexity index is 238. The van der Waals surface area contributed by atoms with E-state index >= 15 is 0 Å². The zero-order valence-electron chi connectivity index (χ0n) is 6.85. The predicted octanol–water partition coefficient (Wildman–Crippen LogP) is 0.629. The first-order valence-electron chi connectivity index (χ1n) is 3.21. The number of carbonyl (C=O) groups excluding carboxylic acids is 1. The van der Waals surface area contributed by atoms with E-state index in [1.807, 2.05) is 0 Å². The Morgan fingerprint density at radius 3 is 2.17 bits per heavy atom. The van der Waals surface area contributed by atoms with Crippen LogP contribution in [0.4, 0.5) is 0 Å². The van der Waals surface area contributed by atoms with Crippen LogP contribution in [0.3, 0.4) is 0 Å². The molecule has 0 aliphatic carbocycles. The van der Waals surface area contributed by atoms with Gasteiger partial charge in [0.15, 0.2) is 0 Å². The van der Waals surface area contributed by atoms with E-state index in [-0.39, 0.29) is 0 Å². The Labute approximate surface area is 70.2 Å². The van der Waals surface area contributed by atoms with Gasteiger partial charge in [-0.05, 0) is 13.8 Å². The molecule has 0 heterocycles. The summed E-state index contributed by atoms with van der Waals surface area (Å²) in [6.07, 6.45) is -0.416. The quantitative estimate of drug-likeness (QED) is 0.391. The highest BCUT2D eigenvalue weighted by Gasteiger charge is 2.27. The molecule has 0 aromatic carbocycles. The minimum Gasteiger partial charge on any atom is -0.459 e. The van der Waals surface area contributed by atoms with Crippen LogP contribution in [0, 0.1) is 0 Å². The summed E-state index contributed by atoms with van der Waals surface area (Å²) in [7, 11) is -4.54. The molecule has 12 heavy (non-hydrogen) atoms. The zero-order valence-corrected chi connectivity index (χ0v) is 7.75. The Balaban J connectivity index is 4.33. The molecule has 5 nitrogen and oxygen atoms in total. The number of ether oxygens (including phenoxy) is 1. The van der Waals surface area contributed by atoms with Crippen LogP contribution in [0.25, 0.3) is 0 Å². The SMILES string of the molecule is C=C(C(=O)OC(C)C)P(=O)(O)O. The fourth-order valence-corrected chi connectivity index (χ4v) is 0.692. The van der Waals surface area contributed by atoms with Gasteiger partial charge in [0.1, 0.15) is 5.31 Å². The third-order valence-corrected chi connectivity index (χ3v) is 1.82. The first kappa shape index (κ1) is 11.4. The molecule has 0 aromatic heterocycles. The predicted molar refractivity (Wildman–Crippen MR) is 42.4 cm³/mol. The molecule has 0 unspecified atom stereocenters. The van der Waals surface area contributed by atoms with Crippen LogP contribution < -0.4 is 0 Å². The molecule has 0 saturated carbocycles. The lowest BCUT2D eigenvalue weighted by atomic mass is 10.5. The smallest absolute Gasteiger partial charge is 0.362 e. The Kier molecular flexibility index (Phi) is 3.64. The normalized spacial score (nSPS) is 11.4. The van der Waals surface area contributed by atoms with Crippen molar-refractivity contribution in [2.45, 2.75) is 20.0 Å². The van der Waals surface area contributed by atoms with Crippen molar-refractivity contribution in [1.82, 2.24) is 0 Å². The standard InChI is InChI=1S/C6H11O5P/c1-4(2)11-6(7)5(3)12(8,9)10/h4H,3H2,1-2H3,(H2,8,9,10). The van der Waals surface area contributed by atoms with E-state index in [2.05, 4.69) is 11.3 Å². The highest BCUT2D eigenvalue weighted by Crippen LogP contribution is 2.44. The van der Waals surface area contributed by atoms with E-state index in [4.69, 9.17) is 9.79 Å². The molecule has 0 spiro atoms. The Morgan fingerprint density at radius 1 is 1.50 bits per heavy atom. The topological polar surface area (TPSA) is 83.8 Å². The van der Waals surface area contributed by atoms with Gasteiger partial charge in [-0.3, -0.25) is 4.57 Å². The molecular formula is C6H11O5P. The zero-order chi connectivity index (χ0) is 9.94. The monoisotopic (exact) mass is 194 g/mol. The minimum absolute atomic E-state index is 0.416. The molecule has 0 aliphatic heterocycles. The first-order valence-corrected chi connectivity index (χ1v) is 4.82. The summed E-state index contributed by atoms with van der Waals surface area (Å²) >= 11 is 0. The van der Waals surface area contributed by atoms with Crippen LogP contribution in [0.15, 0.2) is 11.9 Å². The number of hydrogen-bond donors (Lipinski definition) is 2. The molecule has 0 aromatic rings. The lowest BCUT2D eigenvalue weighted by Gasteiger charge is -2.09. The lowest BCUT2D eigenvalue weighted by Crippen LogP contribution is -2.13. The van der Waals surface area contributed by atoms with Crippen molar-refractivity contribution in [2.24, 2.45) is 0 Å². The summed E-state index contributed by atoms with van der Waals surface area (Å²) in [5.74, 6) is -1.06. The molecule has 0 amide bonds. The molecule has 0 saturated heterocycles. The third-order valence-electron chi connectivity index (χ3n) is 0.930. The van der Waals surface area contributed by atoms with Crippen LogP contribution >= 0.6 is 7.60 Å². The van der Waals surface area contributed by atoms with Gasteiger partial charge < -0.3 is 14.5 Å². The van der Waals surface area contributed by atoms with Gasteiger partial charge in [0.2, 0.25) is 0 Å². The van der Waals surface area contributed by atoms with Gasteiger partial charge in [0.25, 0.3) is 0 Å². The average Bonchev–Trinajstić information content (AvgIpc) is 1.82. The van der Waals surface area contributed by atoms with Gasteiger partial charge in [-0.1, -0.05) is 6.58 Å². The summed E-state index contributed by atoms with van der Waals surface area (Å²) in [6.45, 7) is 6.09. The minimum atomic E-state index is -4.54. The summed E-state index contributed by atoms with van der Waals surface area (Å²) in [5.41, 5.74) is 0. The highest BCUT2D eigenvalue weighted by atomic mass is 31.2. The van der Waals surface area contributed by atoms with Gasteiger partial charge >= 0.3 is 13.6 Å². The van der Waals surface area contributed by atoms with Gasteiger partial charge in [0, 0.05) is 0 Å². The van der Waals surface area contributed by atoms with E-state index in [9.17, 15) is 9.36 Å². The van der Waals surface area contributed by atoms with Crippen molar-refractivity contribution in [3.8, 4) is 0 Å². The van der Waals surface area contributed by atoms with E-state index < -0.39 is 25.0 Å². The van der Waals surface area contributed by atoms with Gasteiger partial charge in [-0.2, -0.15) is 0 Å². The highest BCUT2D eigenvalue weighted by molar-refractivity contribution is 7.57. The molecule has 0 aliphatic rings. The van der Waals surface area contributed by atoms with Crippen molar-refractivity contribution in [2.75, 3.05) is 0 Å². The van der Waals surface area contributed by atoms with Crippen LogP contribution in [0.2, 0.25) is 0 Å². The molecule has 70 valence electrons. The summed E-state index contributed by atoms with van der Waals surface area (Å²) in [6, 6.07) is 0. The first-order chi connectivity index (χ1) is 5.25. The van der Waals surface area contributed by atoms with Gasteiger partial charge in [-0.25, -0.2) is 4.79 Å². The maximum absolute atomic E-state index is 10.8. The largest absolute Gasteiger partial charge is 0.459 e. The van der Waals surface area contributed by atoms with Crippen molar-refractivity contribution in [3.05, 3.63) is 11.9 Å². The number of rotatable bonds is 3. The van der Waals surface area contributed by atoms with E-state index in [0.29, 0.717) is 0 Å². The fraction of sp³-hybridized carbons (Fsp3) is 0.500. The Morgan fingerprint density at radius 2 is 1.92 bits per heavy atom. The molecule has 0 rings (SSSR count). The van der Waals surface area contributed by atoms with E-state index in [0.717, 1.165) is 0 Å². The fourth-order valence-electron chi connectivity index (χ4n) is 0.401. The van der Waals surface area contributed by atoms with Gasteiger partial charge in [0.05, 0.1) is 6.10 Å². The number of esters is 1. The third kappa shape index (κ3) is 3.67. The van der Waals surface area contributed by atoms with Crippen molar-refractivity contribution in [3.63, 3.8) is 0 Å². The second-order valence-electron chi connectivity index (χ2n) is 2.44. The molecule has 0 fully saturated rings. The summed E-state index contributed by atoms with van der Waals surface area (Å²) in [5, 5.41) is -0.809. The maximum atomic E-state index is 10.8. The second kappa shape index (κ2) is 3.85. The van der Waals surface area contributed by atoms with Crippen LogP contribution in [0.5, 0.6) is 0 Å². The van der Waals surface area contributed by atoms with Crippen molar-refractivity contribution >= 4 is 13.6 Å². The van der Waals surface area contributed by atoms with Crippen molar-refractivity contribution in [1.29, 1.82) is 0 Å². The van der Waals surface area contributed by atoms with Crippen molar-refractivity contribution < 1.29 is 23.9 Å². The number of hydrogen-bond acceptors (Lipinski definition) is 3. The second-order valence-corrected chi connectivity index (χ2v) is 4.07. The summed E-state index contributed by atoms with van der Waals surface area (Å²) in [4.78, 5) is 27.7. The lowest BCUT2D eigenvalue weighted by molar-refractivity contribution is -0.141. The molecule has 0 bridgehead atoms. The maximum Gasteiger partial charge on any atom is 0.362 e. The Hall–Kier alpha value is -0.640. The van der Waals surface area contributed by atoms with Crippen LogP contribution in [0.1, 0.15) is 13.8 Å². The van der Waals surface area contributed by atoms with Gasteiger partial charge in [-0.15, -0.1) is 0 Å². The van der Waals surface area contributed by atoms with Crippen LogP contribution in [-0.2, 0) is 14.1 Å². The molecule has 2 N–H and O–H groups in total. The number of carbonyl (C=O) groups is 1.